The molecule has 0 saturated carbocycles. The average Bonchev–Trinajstić information content (AvgIpc) is 2.75. The summed E-state index contributed by atoms with van der Waals surface area (Å²) >= 11 is 1.38. The molecule has 0 spiro atoms. The second-order valence-electron chi connectivity index (χ2n) is 4.04. The Balaban J connectivity index is 2.25. The van der Waals surface area contributed by atoms with Gasteiger partial charge in [0, 0.05) is 0 Å². The van der Waals surface area contributed by atoms with E-state index >= 15 is 0 Å². The van der Waals surface area contributed by atoms with Crippen molar-refractivity contribution in [2.45, 2.75) is 19.1 Å². The molecule has 16 heavy (non-hydrogen) atoms. The maximum Gasteiger partial charge on any atom is 0.123 e. The summed E-state index contributed by atoms with van der Waals surface area (Å²) in [6.07, 6.45) is -1.36. The molecule has 2 N–H and O–H groups in total. The third-order valence-electron chi connectivity index (χ3n) is 2.96. The van der Waals surface area contributed by atoms with Crippen LogP contribution in [0.4, 0.5) is 0 Å². The van der Waals surface area contributed by atoms with Crippen LogP contribution in [-0.2, 0) is 0 Å². The largest absolute Gasteiger partial charge is 0.383 e. The number of aliphatic hydroxyl groups is 2. The molecule has 2 atom stereocenters. The summed E-state index contributed by atoms with van der Waals surface area (Å²) in [5.74, 6) is 0. The van der Waals surface area contributed by atoms with Gasteiger partial charge in [0.05, 0.1) is 16.1 Å². The molecule has 1 aromatic carbocycles. The van der Waals surface area contributed by atoms with E-state index in [-0.39, 0.29) is 0 Å². The van der Waals surface area contributed by atoms with E-state index in [9.17, 15) is 10.2 Å². The molecule has 3 nitrogen and oxygen atoms in total. The van der Waals surface area contributed by atoms with Crippen LogP contribution in [0.1, 0.15) is 39.5 Å². The molecule has 1 aromatic heterocycles. The van der Waals surface area contributed by atoms with E-state index in [1.165, 1.54) is 11.3 Å². The van der Waals surface area contributed by atoms with Crippen LogP contribution < -0.4 is 0 Å². The van der Waals surface area contributed by atoms with Crippen LogP contribution in [-0.4, -0.2) is 15.2 Å². The van der Waals surface area contributed by atoms with Crippen LogP contribution in [0.3, 0.4) is 0 Å². The molecule has 0 fully saturated rings. The van der Waals surface area contributed by atoms with Crippen LogP contribution in [0.15, 0.2) is 23.7 Å². The van der Waals surface area contributed by atoms with Crippen LogP contribution in [0.2, 0.25) is 0 Å². The predicted molar refractivity (Wildman–Crippen MR) is 61.4 cm³/mol. The van der Waals surface area contributed by atoms with Crippen molar-refractivity contribution in [1.29, 1.82) is 0 Å². The number of nitrogens with zero attached hydrogens (tertiary/aromatic N) is 1. The fourth-order valence-electron chi connectivity index (χ4n) is 2.14. The van der Waals surface area contributed by atoms with Gasteiger partial charge in [-0.3, -0.25) is 0 Å². The minimum Gasteiger partial charge on any atom is -0.383 e. The fraction of sp³-hybridized carbons (Fsp3) is 0.250. The molecule has 0 saturated heterocycles. The van der Waals surface area contributed by atoms with Crippen molar-refractivity contribution in [3.63, 3.8) is 0 Å². The van der Waals surface area contributed by atoms with E-state index in [1.807, 2.05) is 25.1 Å². The lowest BCUT2D eigenvalue weighted by molar-refractivity contribution is 0.173. The highest BCUT2D eigenvalue weighted by atomic mass is 32.1. The third kappa shape index (κ3) is 1.24. The van der Waals surface area contributed by atoms with Crippen molar-refractivity contribution in [3.05, 3.63) is 51.0 Å². The first-order valence-electron chi connectivity index (χ1n) is 5.08. The molecule has 2 aromatic rings. The molecule has 0 amide bonds. The number of aliphatic hydroxyl groups excluding tert-OH is 2. The minimum absolute atomic E-state index is 0.593. The Morgan fingerprint density at radius 3 is 2.81 bits per heavy atom. The number of hydrogen-bond donors (Lipinski definition) is 2. The Morgan fingerprint density at radius 1 is 1.19 bits per heavy atom. The highest BCUT2D eigenvalue weighted by molar-refractivity contribution is 7.09. The molecule has 0 bridgehead atoms. The number of hydrogen-bond acceptors (Lipinski definition) is 4. The summed E-state index contributed by atoms with van der Waals surface area (Å²) in [5, 5.41) is 20.3. The van der Waals surface area contributed by atoms with E-state index in [0.29, 0.717) is 5.69 Å². The molecule has 0 radical (unpaired) electrons. The highest BCUT2D eigenvalue weighted by Gasteiger charge is 2.32. The quantitative estimate of drug-likeness (QED) is 0.731. The lowest BCUT2D eigenvalue weighted by Gasteiger charge is -2.25. The predicted octanol–water partition coefficient (Wildman–Crippen LogP) is 1.93. The molecule has 1 aliphatic rings. The van der Waals surface area contributed by atoms with Gasteiger partial charge in [-0.2, -0.15) is 0 Å². The van der Waals surface area contributed by atoms with Crippen LogP contribution in [0, 0.1) is 6.92 Å². The van der Waals surface area contributed by atoms with Crippen LogP contribution in [0.25, 0.3) is 0 Å². The van der Waals surface area contributed by atoms with E-state index in [1.54, 1.807) is 5.51 Å². The van der Waals surface area contributed by atoms with E-state index in [4.69, 9.17) is 0 Å². The number of fused-ring (bicyclic) bond motifs is 2. The first-order valence-corrected chi connectivity index (χ1v) is 5.96. The maximum atomic E-state index is 10.2. The third-order valence-corrected chi connectivity index (χ3v) is 3.86. The van der Waals surface area contributed by atoms with Crippen molar-refractivity contribution in [3.8, 4) is 0 Å². The van der Waals surface area contributed by atoms with Gasteiger partial charge in [-0.15, -0.1) is 11.3 Å². The van der Waals surface area contributed by atoms with Gasteiger partial charge in [0.2, 0.25) is 0 Å². The number of aryl methyl sites for hydroxylation is 1. The van der Waals surface area contributed by atoms with Crippen molar-refractivity contribution >= 4 is 11.3 Å². The average molecular weight is 233 g/mol. The maximum absolute atomic E-state index is 10.2. The van der Waals surface area contributed by atoms with Gasteiger partial charge in [0.25, 0.3) is 0 Å². The molecule has 2 unspecified atom stereocenters. The number of benzene rings is 1. The van der Waals surface area contributed by atoms with Gasteiger partial charge in [-0.1, -0.05) is 23.8 Å². The zero-order valence-corrected chi connectivity index (χ0v) is 9.53. The minimum atomic E-state index is -0.709. The lowest BCUT2D eigenvalue weighted by atomic mass is 9.88. The summed E-state index contributed by atoms with van der Waals surface area (Å²) < 4.78 is 0. The SMILES string of the molecule is Cc1ccc2c(c1)C(O)c1ncsc1C2O. The van der Waals surface area contributed by atoms with Gasteiger partial charge in [0.1, 0.15) is 12.2 Å². The van der Waals surface area contributed by atoms with Gasteiger partial charge < -0.3 is 10.2 Å². The summed E-state index contributed by atoms with van der Waals surface area (Å²) in [4.78, 5) is 4.88. The standard InChI is InChI=1S/C12H11NO2S/c1-6-2-3-7-8(4-6)10(14)9-12(11(7)15)16-5-13-9/h2-5,10-11,14-15H,1H3. The Morgan fingerprint density at radius 2 is 2.00 bits per heavy atom. The number of aromatic nitrogens is 1. The summed E-state index contributed by atoms with van der Waals surface area (Å²) in [6.45, 7) is 1.97. The second kappa shape index (κ2) is 3.38. The molecular weight excluding hydrogens is 222 g/mol. The molecule has 82 valence electrons. The van der Waals surface area contributed by atoms with Crippen molar-refractivity contribution in [1.82, 2.24) is 4.98 Å². The Kier molecular flexibility index (Phi) is 2.10. The van der Waals surface area contributed by atoms with Gasteiger partial charge in [-0.25, -0.2) is 4.98 Å². The second-order valence-corrected chi connectivity index (χ2v) is 4.93. The van der Waals surface area contributed by atoms with Crippen molar-refractivity contribution in [2.75, 3.05) is 0 Å². The Bertz CT molecular complexity index is 550. The summed E-state index contributed by atoms with van der Waals surface area (Å²) in [6, 6.07) is 5.73. The van der Waals surface area contributed by atoms with E-state index < -0.39 is 12.2 Å². The molecule has 0 aliphatic heterocycles. The van der Waals surface area contributed by atoms with Gasteiger partial charge in [0.15, 0.2) is 0 Å². The monoisotopic (exact) mass is 233 g/mol. The molecule has 3 rings (SSSR count). The molecule has 4 heteroatoms. The zero-order valence-electron chi connectivity index (χ0n) is 8.71. The Hall–Kier alpha value is -1.23. The molecule has 1 heterocycles. The van der Waals surface area contributed by atoms with Gasteiger partial charge >= 0.3 is 0 Å². The normalized spacial score (nSPS) is 22.7. The van der Waals surface area contributed by atoms with Gasteiger partial charge in [-0.05, 0) is 18.1 Å². The smallest absolute Gasteiger partial charge is 0.123 e. The zero-order chi connectivity index (χ0) is 11.3. The summed E-state index contributed by atoms with van der Waals surface area (Å²) in [7, 11) is 0. The van der Waals surface area contributed by atoms with E-state index in [2.05, 4.69) is 4.98 Å². The topological polar surface area (TPSA) is 53.4 Å². The lowest BCUT2D eigenvalue weighted by Crippen LogP contribution is -2.16. The van der Waals surface area contributed by atoms with Crippen molar-refractivity contribution in [2.24, 2.45) is 0 Å². The first kappa shape index (κ1) is 9.96. The summed E-state index contributed by atoms with van der Waals surface area (Å²) in [5.41, 5.74) is 4.88. The molecule has 1 aliphatic carbocycles. The Labute approximate surface area is 97.0 Å². The van der Waals surface area contributed by atoms with E-state index in [0.717, 1.165) is 21.6 Å². The highest BCUT2D eigenvalue weighted by Crippen LogP contribution is 2.42. The number of rotatable bonds is 0. The number of thiazole rings is 1. The van der Waals surface area contributed by atoms with Crippen molar-refractivity contribution < 1.29 is 10.2 Å². The molecular formula is C12H11NO2S. The first-order chi connectivity index (χ1) is 7.68. The van der Waals surface area contributed by atoms with Crippen LogP contribution >= 0.6 is 11.3 Å². The fourth-order valence-corrected chi connectivity index (χ4v) is 2.96. The van der Waals surface area contributed by atoms with Crippen LogP contribution in [0.5, 0.6) is 0 Å².